The molecule has 0 aliphatic rings. The highest BCUT2D eigenvalue weighted by Gasteiger charge is 2.06. The highest BCUT2D eigenvalue weighted by Crippen LogP contribution is 2.30. The van der Waals surface area contributed by atoms with Gasteiger partial charge < -0.3 is 15.2 Å². The van der Waals surface area contributed by atoms with E-state index in [2.05, 4.69) is 4.98 Å². The molecule has 0 spiro atoms. The van der Waals surface area contributed by atoms with Crippen LogP contribution >= 0.6 is 0 Å². The highest BCUT2D eigenvalue weighted by molar-refractivity contribution is 5.70. The predicted molar refractivity (Wildman–Crippen MR) is 91.4 cm³/mol. The van der Waals surface area contributed by atoms with Gasteiger partial charge in [0, 0.05) is 11.8 Å². The van der Waals surface area contributed by atoms with Gasteiger partial charge in [0.2, 0.25) is 0 Å². The maximum absolute atomic E-state index is 6.02. The van der Waals surface area contributed by atoms with Gasteiger partial charge in [-0.2, -0.15) is 0 Å². The van der Waals surface area contributed by atoms with Crippen LogP contribution in [0.1, 0.15) is 5.56 Å². The molecule has 0 amide bonds. The minimum absolute atomic E-state index is 0.477. The van der Waals surface area contributed by atoms with Crippen LogP contribution in [-0.4, -0.2) is 12.1 Å². The molecular formula is C19H18N2O2. The van der Waals surface area contributed by atoms with Gasteiger partial charge in [-0.1, -0.05) is 36.4 Å². The molecule has 2 N–H and O–H groups in total. The van der Waals surface area contributed by atoms with Crippen LogP contribution in [0.15, 0.2) is 67.0 Å². The fourth-order valence-corrected chi connectivity index (χ4v) is 2.26. The lowest BCUT2D eigenvalue weighted by molar-refractivity contribution is 0.308. The van der Waals surface area contributed by atoms with Crippen molar-refractivity contribution in [2.45, 2.75) is 6.61 Å². The summed E-state index contributed by atoms with van der Waals surface area (Å²) in [6.07, 6.45) is 3.46. The Balaban J connectivity index is 1.84. The Morgan fingerprint density at radius 1 is 0.957 bits per heavy atom. The molecule has 116 valence electrons. The average molecular weight is 306 g/mol. The highest BCUT2D eigenvalue weighted by atomic mass is 16.5. The first-order valence-electron chi connectivity index (χ1n) is 7.32. The van der Waals surface area contributed by atoms with Crippen LogP contribution in [0, 0.1) is 0 Å². The molecule has 1 heterocycles. The number of anilines is 1. The largest absolute Gasteiger partial charge is 0.495 e. The molecule has 1 aromatic heterocycles. The van der Waals surface area contributed by atoms with E-state index in [4.69, 9.17) is 15.2 Å². The Morgan fingerprint density at radius 2 is 1.78 bits per heavy atom. The molecule has 4 nitrogen and oxygen atoms in total. The van der Waals surface area contributed by atoms with Crippen LogP contribution in [-0.2, 0) is 6.61 Å². The molecular weight excluding hydrogens is 288 g/mol. The Labute approximate surface area is 135 Å². The summed E-state index contributed by atoms with van der Waals surface area (Å²) in [6.45, 7) is 0.477. The van der Waals surface area contributed by atoms with Crippen LogP contribution in [0.5, 0.6) is 11.5 Å². The van der Waals surface area contributed by atoms with Gasteiger partial charge in [-0.15, -0.1) is 0 Å². The van der Waals surface area contributed by atoms with E-state index in [1.54, 1.807) is 19.5 Å². The van der Waals surface area contributed by atoms with E-state index in [1.807, 2.05) is 54.6 Å². The van der Waals surface area contributed by atoms with E-state index in [0.29, 0.717) is 23.8 Å². The normalized spacial score (nSPS) is 10.3. The van der Waals surface area contributed by atoms with E-state index in [-0.39, 0.29) is 0 Å². The van der Waals surface area contributed by atoms with Crippen LogP contribution in [0.2, 0.25) is 0 Å². The van der Waals surface area contributed by atoms with Gasteiger partial charge in [0.15, 0.2) is 0 Å². The third kappa shape index (κ3) is 3.61. The zero-order valence-electron chi connectivity index (χ0n) is 12.9. The number of ether oxygens (including phenoxy) is 2. The topological polar surface area (TPSA) is 57.4 Å². The summed E-state index contributed by atoms with van der Waals surface area (Å²) in [7, 11) is 1.62. The number of benzene rings is 2. The van der Waals surface area contributed by atoms with Crippen molar-refractivity contribution in [3.05, 3.63) is 72.6 Å². The molecule has 23 heavy (non-hydrogen) atoms. The van der Waals surface area contributed by atoms with Gasteiger partial charge in [-0.05, 0) is 29.3 Å². The average Bonchev–Trinajstić information content (AvgIpc) is 2.62. The third-order valence-corrected chi connectivity index (χ3v) is 3.53. The molecule has 3 aromatic rings. The number of hydrogen-bond acceptors (Lipinski definition) is 4. The number of nitrogens with zero attached hydrogens (tertiary/aromatic N) is 1. The molecule has 3 rings (SSSR count). The minimum Gasteiger partial charge on any atom is -0.495 e. The van der Waals surface area contributed by atoms with Gasteiger partial charge in [-0.3, -0.25) is 4.98 Å². The van der Waals surface area contributed by atoms with E-state index < -0.39 is 0 Å². The van der Waals surface area contributed by atoms with Crippen LogP contribution in [0.3, 0.4) is 0 Å². The summed E-state index contributed by atoms with van der Waals surface area (Å²) in [4.78, 5) is 4.18. The van der Waals surface area contributed by atoms with Crippen LogP contribution in [0.4, 0.5) is 5.69 Å². The van der Waals surface area contributed by atoms with Crippen LogP contribution in [0.25, 0.3) is 11.1 Å². The number of methoxy groups -OCH3 is 1. The monoisotopic (exact) mass is 306 g/mol. The molecule has 0 saturated heterocycles. The summed E-state index contributed by atoms with van der Waals surface area (Å²) >= 11 is 0. The Kier molecular flexibility index (Phi) is 4.43. The van der Waals surface area contributed by atoms with Crippen molar-refractivity contribution in [1.29, 1.82) is 0 Å². The number of hydrogen-bond donors (Lipinski definition) is 1. The van der Waals surface area contributed by atoms with Gasteiger partial charge >= 0.3 is 0 Å². The Hall–Kier alpha value is -3.01. The fourth-order valence-electron chi connectivity index (χ4n) is 2.26. The maximum Gasteiger partial charge on any atom is 0.143 e. The lowest BCUT2D eigenvalue weighted by Crippen LogP contribution is -1.99. The van der Waals surface area contributed by atoms with E-state index in [9.17, 15) is 0 Å². The second-order valence-electron chi connectivity index (χ2n) is 5.14. The first kappa shape index (κ1) is 14.9. The summed E-state index contributed by atoms with van der Waals surface area (Å²) in [5.74, 6) is 1.38. The van der Waals surface area contributed by atoms with Gasteiger partial charge in [0.1, 0.15) is 18.1 Å². The molecule has 0 saturated carbocycles. The molecule has 0 atom stereocenters. The number of nitrogen functional groups attached to an aromatic ring is 1. The third-order valence-electron chi connectivity index (χ3n) is 3.53. The maximum atomic E-state index is 6.02. The number of nitrogens with two attached hydrogens (primary N) is 1. The van der Waals surface area contributed by atoms with E-state index >= 15 is 0 Å². The standard InChI is InChI=1S/C19H18N2O2/c1-22-17-9-16(11-21-12-17)15-7-8-18(20)19(10-15)23-13-14-5-3-2-4-6-14/h2-12H,13,20H2,1H3. The van der Waals surface area contributed by atoms with Crippen LogP contribution < -0.4 is 15.2 Å². The van der Waals surface area contributed by atoms with Crippen molar-refractivity contribution in [3.8, 4) is 22.6 Å². The van der Waals surface area contributed by atoms with Crippen molar-refractivity contribution in [3.63, 3.8) is 0 Å². The Bertz CT molecular complexity index is 788. The lowest BCUT2D eigenvalue weighted by atomic mass is 10.1. The zero-order valence-corrected chi connectivity index (χ0v) is 12.9. The van der Waals surface area contributed by atoms with E-state index in [0.717, 1.165) is 16.7 Å². The quantitative estimate of drug-likeness (QED) is 0.726. The van der Waals surface area contributed by atoms with Crippen molar-refractivity contribution < 1.29 is 9.47 Å². The molecule has 0 fully saturated rings. The Morgan fingerprint density at radius 3 is 2.57 bits per heavy atom. The SMILES string of the molecule is COc1cncc(-c2ccc(N)c(OCc3ccccc3)c2)c1. The molecule has 4 heteroatoms. The minimum atomic E-state index is 0.477. The number of pyridine rings is 1. The molecule has 0 unspecified atom stereocenters. The summed E-state index contributed by atoms with van der Waals surface area (Å²) in [5, 5.41) is 0. The fraction of sp³-hybridized carbons (Fsp3) is 0.105. The van der Waals surface area contributed by atoms with Crippen molar-refractivity contribution >= 4 is 5.69 Å². The second-order valence-corrected chi connectivity index (χ2v) is 5.14. The van der Waals surface area contributed by atoms with Gasteiger partial charge in [-0.25, -0.2) is 0 Å². The molecule has 2 aromatic carbocycles. The number of aromatic nitrogens is 1. The second kappa shape index (κ2) is 6.83. The summed E-state index contributed by atoms with van der Waals surface area (Å²) in [5.41, 5.74) is 9.66. The predicted octanol–water partition coefficient (Wildman–Crippen LogP) is 3.92. The van der Waals surface area contributed by atoms with E-state index in [1.165, 1.54) is 0 Å². The molecule has 0 bridgehead atoms. The summed E-state index contributed by atoms with van der Waals surface area (Å²) in [6, 6.07) is 17.6. The molecule has 0 aliphatic heterocycles. The van der Waals surface area contributed by atoms with Gasteiger partial charge in [0.25, 0.3) is 0 Å². The smallest absolute Gasteiger partial charge is 0.143 e. The molecule has 0 radical (unpaired) electrons. The van der Waals surface area contributed by atoms with Crippen molar-refractivity contribution in [2.24, 2.45) is 0 Å². The number of rotatable bonds is 5. The first-order chi connectivity index (χ1) is 11.3. The van der Waals surface area contributed by atoms with Crippen molar-refractivity contribution in [1.82, 2.24) is 4.98 Å². The first-order valence-corrected chi connectivity index (χ1v) is 7.32. The lowest BCUT2D eigenvalue weighted by Gasteiger charge is -2.11. The molecule has 0 aliphatic carbocycles. The summed E-state index contributed by atoms with van der Waals surface area (Å²) < 4.78 is 11.1. The van der Waals surface area contributed by atoms with Crippen molar-refractivity contribution in [2.75, 3.05) is 12.8 Å². The zero-order chi connectivity index (χ0) is 16.1. The van der Waals surface area contributed by atoms with Gasteiger partial charge in [0.05, 0.1) is 19.0 Å².